The van der Waals surface area contributed by atoms with Crippen molar-refractivity contribution in [3.8, 4) is 0 Å². The van der Waals surface area contributed by atoms with E-state index in [4.69, 9.17) is 4.74 Å². The van der Waals surface area contributed by atoms with E-state index in [0.29, 0.717) is 18.7 Å². The highest BCUT2D eigenvalue weighted by molar-refractivity contribution is 5.77. The first-order valence-corrected chi connectivity index (χ1v) is 7.92. The van der Waals surface area contributed by atoms with E-state index in [1.165, 1.54) is 19.3 Å². The third-order valence-electron chi connectivity index (χ3n) is 4.35. The van der Waals surface area contributed by atoms with Crippen molar-refractivity contribution in [3.05, 3.63) is 0 Å². The molecule has 2 aliphatic heterocycles. The zero-order chi connectivity index (χ0) is 14.4. The smallest absolute Gasteiger partial charge is 0.236 e. The Balaban J connectivity index is 1.60. The fourth-order valence-electron chi connectivity index (χ4n) is 2.89. The van der Waals surface area contributed by atoms with E-state index in [-0.39, 0.29) is 5.91 Å². The molecule has 1 atom stereocenters. The van der Waals surface area contributed by atoms with Crippen molar-refractivity contribution in [2.45, 2.75) is 44.2 Å². The average Bonchev–Trinajstić information content (AvgIpc) is 2.47. The second-order valence-electron chi connectivity index (χ2n) is 6.24. The molecule has 2 heterocycles. The summed E-state index contributed by atoms with van der Waals surface area (Å²) < 4.78 is 5.75. The number of nitrogens with zero attached hydrogens (tertiary/aromatic N) is 2. The highest BCUT2D eigenvalue weighted by atomic mass is 16.5. The van der Waals surface area contributed by atoms with Crippen molar-refractivity contribution >= 4 is 5.91 Å². The number of hydrogen-bond acceptors (Lipinski definition) is 4. The molecule has 2 aliphatic rings. The number of carbonyl (C=O) groups is 1. The Morgan fingerprint density at radius 2 is 2.00 bits per heavy atom. The molecule has 0 saturated carbocycles. The van der Waals surface area contributed by atoms with Crippen LogP contribution >= 0.6 is 0 Å². The Hall–Kier alpha value is -0.650. The maximum absolute atomic E-state index is 11.7. The molecule has 0 radical (unpaired) electrons. The molecule has 5 nitrogen and oxygen atoms in total. The lowest BCUT2D eigenvalue weighted by molar-refractivity contribution is -0.130. The molecule has 2 rings (SSSR count). The van der Waals surface area contributed by atoms with E-state index < -0.39 is 0 Å². The summed E-state index contributed by atoms with van der Waals surface area (Å²) >= 11 is 0. The van der Waals surface area contributed by atoms with Crippen LogP contribution in [-0.4, -0.2) is 74.7 Å². The maximum Gasteiger partial charge on any atom is 0.236 e. The first-order chi connectivity index (χ1) is 9.65. The Morgan fingerprint density at radius 1 is 1.25 bits per heavy atom. The van der Waals surface area contributed by atoms with Gasteiger partial charge < -0.3 is 15.0 Å². The first kappa shape index (κ1) is 15.7. The van der Waals surface area contributed by atoms with Gasteiger partial charge in [0.1, 0.15) is 0 Å². The van der Waals surface area contributed by atoms with Crippen LogP contribution in [0.1, 0.15) is 32.1 Å². The minimum Gasteiger partial charge on any atom is -0.377 e. The third kappa shape index (κ3) is 5.04. The highest BCUT2D eigenvalue weighted by Gasteiger charge is 2.22. The summed E-state index contributed by atoms with van der Waals surface area (Å²) in [5.41, 5.74) is 0. The fraction of sp³-hybridized carbons (Fsp3) is 0.933. The summed E-state index contributed by atoms with van der Waals surface area (Å²) in [5, 5.41) is 3.64. The Bertz CT molecular complexity index is 295. The zero-order valence-electron chi connectivity index (χ0n) is 12.9. The molecular formula is C15H29N3O2. The SMILES string of the molecule is CN(C)C(=O)CN1CCC(NCC2CCCCO2)CC1. The van der Waals surface area contributed by atoms with Gasteiger partial charge in [-0.05, 0) is 32.1 Å². The van der Waals surface area contributed by atoms with Gasteiger partial charge in [0.05, 0.1) is 12.6 Å². The number of ether oxygens (including phenoxy) is 1. The minimum absolute atomic E-state index is 0.201. The molecule has 2 saturated heterocycles. The maximum atomic E-state index is 11.7. The van der Waals surface area contributed by atoms with Crippen LogP contribution in [0.4, 0.5) is 0 Å². The molecular weight excluding hydrogens is 254 g/mol. The molecule has 5 heteroatoms. The van der Waals surface area contributed by atoms with Gasteiger partial charge in [-0.1, -0.05) is 0 Å². The average molecular weight is 283 g/mol. The monoisotopic (exact) mass is 283 g/mol. The summed E-state index contributed by atoms with van der Waals surface area (Å²) in [4.78, 5) is 15.6. The molecule has 1 amide bonds. The summed E-state index contributed by atoms with van der Waals surface area (Å²) in [6, 6.07) is 0.589. The number of piperidine rings is 1. The molecule has 1 N–H and O–H groups in total. The van der Waals surface area contributed by atoms with Crippen LogP contribution < -0.4 is 5.32 Å². The molecule has 1 unspecified atom stereocenters. The molecule has 0 bridgehead atoms. The van der Waals surface area contributed by atoms with E-state index in [2.05, 4.69) is 10.2 Å². The van der Waals surface area contributed by atoms with Gasteiger partial charge in [0.15, 0.2) is 0 Å². The molecule has 116 valence electrons. The van der Waals surface area contributed by atoms with Crippen molar-refractivity contribution in [2.24, 2.45) is 0 Å². The summed E-state index contributed by atoms with van der Waals surface area (Å²) in [5.74, 6) is 0.201. The number of amides is 1. The van der Waals surface area contributed by atoms with Crippen LogP contribution in [0, 0.1) is 0 Å². The number of carbonyl (C=O) groups excluding carboxylic acids is 1. The largest absolute Gasteiger partial charge is 0.377 e. The van der Waals surface area contributed by atoms with E-state index in [9.17, 15) is 4.79 Å². The second-order valence-corrected chi connectivity index (χ2v) is 6.24. The predicted molar refractivity (Wildman–Crippen MR) is 79.7 cm³/mol. The van der Waals surface area contributed by atoms with E-state index in [1.54, 1.807) is 4.90 Å². The van der Waals surface area contributed by atoms with Gasteiger partial charge in [0, 0.05) is 46.4 Å². The van der Waals surface area contributed by atoms with Gasteiger partial charge in [-0.15, -0.1) is 0 Å². The minimum atomic E-state index is 0.201. The normalized spacial score (nSPS) is 25.6. The van der Waals surface area contributed by atoms with Crippen molar-refractivity contribution in [1.82, 2.24) is 15.1 Å². The fourth-order valence-corrected chi connectivity index (χ4v) is 2.89. The number of hydrogen-bond donors (Lipinski definition) is 1. The van der Waals surface area contributed by atoms with Gasteiger partial charge in [0.25, 0.3) is 0 Å². The predicted octanol–water partition coefficient (Wildman–Crippen LogP) is 0.698. The van der Waals surface area contributed by atoms with Crippen molar-refractivity contribution in [3.63, 3.8) is 0 Å². The lowest BCUT2D eigenvalue weighted by Gasteiger charge is -2.33. The molecule has 0 aromatic heterocycles. The standard InChI is InChI=1S/C15H29N3O2/c1-17(2)15(19)12-18-8-6-13(7-9-18)16-11-14-5-3-4-10-20-14/h13-14,16H,3-12H2,1-2H3. The van der Waals surface area contributed by atoms with Crippen LogP contribution in [-0.2, 0) is 9.53 Å². The van der Waals surface area contributed by atoms with Gasteiger partial charge in [-0.25, -0.2) is 0 Å². The number of likely N-dealkylation sites (tertiary alicyclic amines) is 1. The lowest BCUT2D eigenvalue weighted by Crippen LogP contribution is -2.47. The first-order valence-electron chi connectivity index (χ1n) is 7.92. The molecule has 0 aliphatic carbocycles. The van der Waals surface area contributed by atoms with Crippen LogP contribution in [0.3, 0.4) is 0 Å². The quantitative estimate of drug-likeness (QED) is 0.807. The zero-order valence-corrected chi connectivity index (χ0v) is 12.9. The summed E-state index contributed by atoms with van der Waals surface area (Å²) in [7, 11) is 3.64. The topological polar surface area (TPSA) is 44.8 Å². The van der Waals surface area contributed by atoms with E-state index in [0.717, 1.165) is 39.1 Å². The van der Waals surface area contributed by atoms with Crippen LogP contribution in [0.5, 0.6) is 0 Å². The lowest BCUT2D eigenvalue weighted by atomic mass is 10.0. The second kappa shape index (κ2) is 7.96. The van der Waals surface area contributed by atoms with Crippen LogP contribution in [0.25, 0.3) is 0 Å². The molecule has 20 heavy (non-hydrogen) atoms. The van der Waals surface area contributed by atoms with Crippen molar-refractivity contribution in [1.29, 1.82) is 0 Å². The Kier molecular flexibility index (Phi) is 6.26. The van der Waals surface area contributed by atoms with Gasteiger partial charge >= 0.3 is 0 Å². The molecule has 2 fully saturated rings. The molecule has 0 aromatic carbocycles. The Morgan fingerprint density at radius 3 is 2.60 bits per heavy atom. The van der Waals surface area contributed by atoms with Crippen molar-refractivity contribution < 1.29 is 9.53 Å². The Labute approximate surface area is 122 Å². The van der Waals surface area contributed by atoms with E-state index >= 15 is 0 Å². The molecule has 0 aromatic rings. The number of rotatable bonds is 5. The summed E-state index contributed by atoms with van der Waals surface area (Å²) in [6.45, 7) is 4.51. The van der Waals surface area contributed by atoms with Crippen molar-refractivity contribution in [2.75, 3.05) is 46.9 Å². The highest BCUT2D eigenvalue weighted by Crippen LogP contribution is 2.14. The van der Waals surface area contributed by atoms with Crippen LogP contribution in [0.2, 0.25) is 0 Å². The van der Waals surface area contributed by atoms with Gasteiger partial charge in [0.2, 0.25) is 5.91 Å². The summed E-state index contributed by atoms with van der Waals surface area (Å²) in [6.07, 6.45) is 6.40. The number of nitrogens with one attached hydrogen (secondary N) is 1. The molecule has 0 spiro atoms. The van der Waals surface area contributed by atoms with E-state index in [1.807, 2.05) is 14.1 Å². The van der Waals surface area contributed by atoms with Gasteiger partial charge in [-0.3, -0.25) is 9.69 Å². The van der Waals surface area contributed by atoms with Gasteiger partial charge in [-0.2, -0.15) is 0 Å². The third-order valence-corrected chi connectivity index (χ3v) is 4.35. The van der Waals surface area contributed by atoms with Crippen LogP contribution in [0.15, 0.2) is 0 Å². The number of likely N-dealkylation sites (N-methyl/N-ethyl adjacent to an activating group) is 1.